The number of nitrogens with zero attached hydrogens (tertiary/aromatic N) is 1. The summed E-state index contributed by atoms with van der Waals surface area (Å²) in [7, 11) is 0. The summed E-state index contributed by atoms with van der Waals surface area (Å²) in [5.74, 6) is 0.763. The van der Waals surface area contributed by atoms with Gasteiger partial charge in [0, 0.05) is 24.2 Å². The molecule has 1 aliphatic carbocycles. The Labute approximate surface area is 114 Å². The minimum atomic E-state index is -0.306. The van der Waals surface area contributed by atoms with Gasteiger partial charge in [0.05, 0.1) is 4.92 Å². The molecule has 0 amide bonds. The molecular weight excluding hydrogens is 240 g/mol. The van der Waals surface area contributed by atoms with E-state index in [0.29, 0.717) is 12.6 Å². The van der Waals surface area contributed by atoms with E-state index in [-0.39, 0.29) is 10.6 Å². The van der Waals surface area contributed by atoms with Crippen LogP contribution in [0.1, 0.15) is 43.7 Å². The Morgan fingerprint density at radius 1 is 1.42 bits per heavy atom. The maximum atomic E-state index is 10.9. The highest BCUT2D eigenvalue weighted by Gasteiger charge is 2.21. The van der Waals surface area contributed by atoms with E-state index < -0.39 is 0 Å². The molecule has 1 N–H and O–H groups in total. The van der Waals surface area contributed by atoms with Gasteiger partial charge in [0.1, 0.15) is 0 Å². The van der Waals surface area contributed by atoms with Crippen LogP contribution in [0.3, 0.4) is 0 Å². The zero-order chi connectivity index (χ0) is 13.8. The topological polar surface area (TPSA) is 55.2 Å². The van der Waals surface area contributed by atoms with Crippen LogP contribution in [0, 0.1) is 23.0 Å². The molecule has 1 fully saturated rings. The Bertz CT molecular complexity index is 453. The Balaban J connectivity index is 1.99. The minimum absolute atomic E-state index is 0.216. The van der Waals surface area contributed by atoms with E-state index in [9.17, 15) is 10.1 Å². The monoisotopic (exact) mass is 262 g/mol. The van der Waals surface area contributed by atoms with Crippen molar-refractivity contribution in [3.8, 4) is 0 Å². The lowest BCUT2D eigenvalue weighted by Crippen LogP contribution is -2.31. The number of nitrogens with one attached hydrogen (secondary N) is 1. The van der Waals surface area contributed by atoms with Crippen LogP contribution >= 0.6 is 0 Å². The van der Waals surface area contributed by atoms with Crippen molar-refractivity contribution >= 4 is 5.69 Å². The summed E-state index contributed by atoms with van der Waals surface area (Å²) in [6.45, 7) is 4.77. The molecule has 0 saturated heterocycles. The van der Waals surface area contributed by atoms with Gasteiger partial charge in [-0.25, -0.2) is 0 Å². The van der Waals surface area contributed by atoms with Gasteiger partial charge in [0.2, 0.25) is 0 Å². The maximum Gasteiger partial charge on any atom is 0.272 e. The molecule has 104 valence electrons. The van der Waals surface area contributed by atoms with Gasteiger partial charge >= 0.3 is 0 Å². The highest BCUT2D eigenvalue weighted by molar-refractivity contribution is 5.44. The van der Waals surface area contributed by atoms with Crippen LogP contribution < -0.4 is 5.32 Å². The van der Waals surface area contributed by atoms with Crippen LogP contribution in [0.25, 0.3) is 0 Å². The van der Waals surface area contributed by atoms with Crippen LogP contribution in [0.5, 0.6) is 0 Å². The Morgan fingerprint density at radius 2 is 2.11 bits per heavy atom. The van der Waals surface area contributed by atoms with Gasteiger partial charge in [-0.05, 0) is 38.2 Å². The fraction of sp³-hybridized carbons (Fsp3) is 0.600. The lowest BCUT2D eigenvalue weighted by Gasteiger charge is -2.20. The molecule has 1 saturated carbocycles. The van der Waals surface area contributed by atoms with Crippen molar-refractivity contribution in [3.05, 3.63) is 39.4 Å². The van der Waals surface area contributed by atoms with Crippen molar-refractivity contribution in [2.75, 3.05) is 0 Å². The van der Waals surface area contributed by atoms with E-state index in [1.54, 1.807) is 12.1 Å². The van der Waals surface area contributed by atoms with Gasteiger partial charge in [0.15, 0.2) is 0 Å². The molecular formula is C15H22N2O2. The molecule has 2 rings (SSSR count). The molecule has 0 bridgehead atoms. The van der Waals surface area contributed by atoms with Crippen molar-refractivity contribution in [3.63, 3.8) is 0 Å². The van der Waals surface area contributed by atoms with Crippen molar-refractivity contribution in [2.24, 2.45) is 5.92 Å². The first-order valence-electron chi connectivity index (χ1n) is 7.06. The molecule has 0 spiro atoms. The van der Waals surface area contributed by atoms with Crippen molar-refractivity contribution in [2.45, 2.75) is 52.1 Å². The predicted octanol–water partition coefficient (Wildman–Crippen LogP) is 3.57. The van der Waals surface area contributed by atoms with Crippen molar-refractivity contribution in [1.82, 2.24) is 5.32 Å². The van der Waals surface area contributed by atoms with Crippen LogP contribution in [-0.4, -0.2) is 11.0 Å². The van der Waals surface area contributed by atoms with Gasteiger partial charge in [-0.1, -0.05) is 25.0 Å². The summed E-state index contributed by atoms with van der Waals surface area (Å²) in [5, 5.41) is 14.4. The summed E-state index contributed by atoms with van der Waals surface area (Å²) >= 11 is 0. The lowest BCUT2D eigenvalue weighted by atomic mass is 9.99. The summed E-state index contributed by atoms with van der Waals surface area (Å²) in [5.41, 5.74) is 2.02. The second-order valence-electron chi connectivity index (χ2n) is 5.53. The average Bonchev–Trinajstić information content (AvgIpc) is 2.90. The normalized spacial score (nSPS) is 17.6. The standard InChI is InChI=1S/C15H22N2O2/c1-11-14(8-5-9-15(11)17(18)19)10-16-12(2)13-6-3-4-7-13/h5,8-9,12-13,16H,3-4,6-7,10H2,1-2H3. The quantitative estimate of drug-likeness (QED) is 0.652. The van der Waals surface area contributed by atoms with Gasteiger partial charge in [-0.15, -0.1) is 0 Å². The maximum absolute atomic E-state index is 10.9. The number of nitro groups is 1. The molecule has 1 aromatic carbocycles. The summed E-state index contributed by atoms with van der Waals surface area (Å²) in [6, 6.07) is 5.79. The van der Waals surface area contributed by atoms with Gasteiger partial charge < -0.3 is 5.32 Å². The Morgan fingerprint density at radius 3 is 2.74 bits per heavy atom. The molecule has 0 radical (unpaired) electrons. The second-order valence-corrected chi connectivity index (χ2v) is 5.53. The van der Waals surface area contributed by atoms with E-state index in [1.807, 2.05) is 13.0 Å². The molecule has 4 heteroatoms. The van der Waals surface area contributed by atoms with E-state index in [1.165, 1.54) is 25.7 Å². The highest BCUT2D eigenvalue weighted by Crippen LogP contribution is 2.28. The average molecular weight is 262 g/mol. The molecule has 1 unspecified atom stereocenters. The number of rotatable bonds is 5. The number of nitro benzene ring substituents is 1. The third-order valence-electron chi connectivity index (χ3n) is 4.34. The third-order valence-corrected chi connectivity index (χ3v) is 4.34. The Hall–Kier alpha value is -1.42. The molecule has 4 nitrogen and oxygen atoms in total. The predicted molar refractivity (Wildman–Crippen MR) is 76.1 cm³/mol. The molecule has 0 heterocycles. The van der Waals surface area contributed by atoms with Crippen LogP contribution in [0.2, 0.25) is 0 Å². The van der Waals surface area contributed by atoms with Gasteiger partial charge in [0.25, 0.3) is 5.69 Å². The lowest BCUT2D eigenvalue weighted by molar-refractivity contribution is -0.385. The molecule has 1 aliphatic rings. The van der Waals surface area contributed by atoms with Crippen molar-refractivity contribution < 1.29 is 4.92 Å². The third kappa shape index (κ3) is 3.32. The molecule has 19 heavy (non-hydrogen) atoms. The summed E-state index contributed by atoms with van der Waals surface area (Å²) in [4.78, 5) is 10.6. The van der Waals surface area contributed by atoms with E-state index >= 15 is 0 Å². The van der Waals surface area contributed by atoms with Gasteiger partial charge in [-0.2, -0.15) is 0 Å². The zero-order valence-electron chi connectivity index (χ0n) is 11.7. The fourth-order valence-corrected chi connectivity index (χ4v) is 2.95. The van der Waals surface area contributed by atoms with E-state index in [0.717, 1.165) is 17.0 Å². The number of hydrogen-bond acceptors (Lipinski definition) is 3. The van der Waals surface area contributed by atoms with Gasteiger partial charge in [-0.3, -0.25) is 10.1 Å². The first-order chi connectivity index (χ1) is 9.09. The van der Waals surface area contributed by atoms with E-state index in [4.69, 9.17) is 0 Å². The molecule has 1 atom stereocenters. The minimum Gasteiger partial charge on any atom is -0.310 e. The highest BCUT2D eigenvalue weighted by atomic mass is 16.6. The van der Waals surface area contributed by atoms with Crippen molar-refractivity contribution in [1.29, 1.82) is 0 Å². The SMILES string of the molecule is Cc1c(CNC(C)C2CCCC2)cccc1[N+](=O)[O-]. The number of hydrogen-bond donors (Lipinski definition) is 1. The molecule has 0 aliphatic heterocycles. The van der Waals surface area contributed by atoms with Crippen LogP contribution in [-0.2, 0) is 6.54 Å². The fourth-order valence-electron chi connectivity index (χ4n) is 2.95. The summed E-state index contributed by atoms with van der Waals surface area (Å²) < 4.78 is 0. The summed E-state index contributed by atoms with van der Waals surface area (Å²) in [6.07, 6.45) is 5.29. The smallest absolute Gasteiger partial charge is 0.272 e. The van der Waals surface area contributed by atoms with E-state index in [2.05, 4.69) is 12.2 Å². The molecule has 0 aromatic heterocycles. The number of benzene rings is 1. The largest absolute Gasteiger partial charge is 0.310 e. The Kier molecular flexibility index (Phi) is 4.53. The first-order valence-corrected chi connectivity index (χ1v) is 7.06. The van der Waals surface area contributed by atoms with Crippen LogP contribution in [0.4, 0.5) is 5.69 Å². The zero-order valence-corrected chi connectivity index (χ0v) is 11.7. The second kappa shape index (κ2) is 6.15. The van der Waals surface area contributed by atoms with Crippen LogP contribution in [0.15, 0.2) is 18.2 Å². The first kappa shape index (κ1) is 14.0. The molecule has 1 aromatic rings.